The predicted octanol–water partition coefficient (Wildman–Crippen LogP) is -4.12. The number of aromatic hydroxyl groups is 5. The van der Waals surface area contributed by atoms with Crippen LogP contribution in [-0.2, 0) is 33.2 Å². The zero-order chi connectivity index (χ0) is 40.7. The highest BCUT2D eigenvalue weighted by molar-refractivity contribution is 5.70. The number of ether oxygens (including phenoxy) is 8. The van der Waals surface area contributed by atoms with Gasteiger partial charge in [-0.05, 0) is 12.1 Å². The quantitative estimate of drug-likeness (QED) is 0.0616. The average Bonchev–Trinajstić information content (AvgIpc) is 3.15. The Labute approximate surface area is 315 Å². The van der Waals surface area contributed by atoms with Crippen molar-refractivity contribution < 1.29 is 109 Å². The van der Waals surface area contributed by atoms with Gasteiger partial charge in [-0.25, -0.2) is 0 Å². The molecule has 15 unspecified atom stereocenters. The van der Waals surface area contributed by atoms with Gasteiger partial charge in [-0.15, -0.1) is 0 Å². The highest BCUT2D eigenvalue weighted by atomic mass is 16.8. The number of rotatable bonds is 10. The number of hydrogen-bond acceptors (Lipinski definition) is 21. The number of phenolic OH excluding ortho intramolecular Hbond substituents is 4. The Kier molecular flexibility index (Phi) is 12.3. The molecule has 2 aromatic rings. The normalized spacial score (nSPS) is 37.1. The molecule has 0 radical (unpaired) electrons. The first kappa shape index (κ1) is 41.4. The van der Waals surface area contributed by atoms with Crippen molar-refractivity contribution in [2.75, 3.05) is 19.8 Å². The van der Waals surface area contributed by atoms with Gasteiger partial charge in [0.15, 0.2) is 35.4 Å². The molecule has 0 spiro atoms. The van der Waals surface area contributed by atoms with Crippen LogP contribution in [0.5, 0.6) is 34.5 Å². The first-order chi connectivity index (χ1) is 26.5. The van der Waals surface area contributed by atoms with Gasteiger partial charge in [-0.2, -0.15) is 0 Å². The number of benzene rings is 2. The van der Waals surface area contributed by atoms with E-state index in [0.29, 0.717) is 0 Å². The molecule has 22 heteroatoms. The Morgan fingerprint density at radius 2 is 1.41 bits per heavy atom. The minimum absolute atomic E-state index is 0.0232. The van der Waals surface area contributed by atoms with Crippen LogP contribution in [0, 0.1) is 0 Å². The molecule has 4 heterocycles. The molecule has 4 aliphatic rings. The van der Waals surface area contributed by atoms with E-state index in [1.54, 1.807) is 0 Å². The van der Waals surface area contributed by atoms with E-state index in [0.717, 1.165) is 31.2 Å². The second-order valence-electron chi connectivity index (χ2n) is 13.5. The van der Waals surface area contributed by atoms with E-state index in [1.807, 2.05) is 0 Å². The van der Waals surface area contributed by atoms with Gasteiger partial charge in [0, 0.05) is 19.1 Å². The lowest BCUT2D eigenvalue weighted by atomic mass is 9.97. The molecule has 0 aromatic heterocycles. The molecule has 6 rings (SSSR count). The number of aliphatic hydroxyl groups is 10. The molecule has 0 saturated carbocycles. The van der Waals surface area contributed by atoms with Crippen LogP contribution >= 0.6 is 0 Å². The second-order valence-corrected chi connectivity index (χ2v) is 13.5. The summed E-state index contributed by atoms with van der Waals surface area (Å²) in [5.41, 5.74) is -0.0716. The maximum atomic E-state index is 11.4. The zero-order valence-electron chi connectivity index (χ0n) is 29.2. The molecule has 3 fully saturated rings. The third-order valence-electron chi connectivity index (χ3n) is 9.52. The van der Waals surface area contributed by atoms with Gasteiger partial charge < -0.3 is 104 Å². The van der Waals surface area contributed by atoms with Crippen molar-refractivity contribution in [2.24, 2.45) is 0 Å². The van der Waals surface area contributed by atoms with E-state index in [2.05, 4.69) is 4.74 Å². The van der Waals surface area contributed by atoms with Gasteiger partial charge in [-0.3, -0.25) is 4.79 Å². The van der Waals surface area contributed by atoms with E-state index in [9.17, 15) is 71.2 Å². The first-order valence-corrected chi connectivity index (χ1v) is 17.1. The Balaban J connectivity index is 1.40. The van der Waals surface area contributed by atoms with Gasteiger partial charge in [-0.1, -0.05) is 0 Å². The Morgan fingerprint density at radius 1 is 0.768 bits per heavy atom. The molecule has 22 nitrogen and oxygen atoms in total. The molecular formula is C34H43O22+. The van der Waals surface area contributed by atoms with Crippen molar-refractivity contribution in [3.8, 4) is 34.5 Å². The van der Waals surface area contributed by atoms with Crippen LogP contribution in [0.2, 0.25) is 0 Å². The molecule has 56 heavy (non-hydrogen) atoms. The molecule has 14 N–H and O–H groups in total. The SMILES string of the molecule is CC(=O)OCC1OC(Oc2cc(O)cc3c2C=C(OC2OC(CO)C(O)C(O)C2OC2OCC(O)C(O)C2O)C(c2cc(O)c(O)c(O)c2)[OH+]3)C(O)C(O)C1O. The Morgan fingerprint density at radius 3 is 2.07 bits per heavy atom. The number of fused-ring (bicyclic) bond motifs is 1. The number of esters is 1. The van der Waals surface area contributed by atoms with Gasteiger partial charge in [0.1, 0.15) is 84.7 Å². The minimum atomic E-state index is -1.93. The van der Waals surface area contributed by atoms with E-state index in [1.165, 1.54) is 6.08 Å². The molecular weight excluding hydrogens is 760 g/mol. The highest BCUT2D eigenvalue weighted by Crippen LogP contribution is 2.48. The van der Waals surface area contributed by atoms with Gasteiger partial charge >= 0.3 is 5.97 Å². The summed E-state index contributed by atoms with van der Waals surface area (Å²) < 4.78 is 44.0. The topological polar surface area (TPSA) is 357 Å². The third kappa shape index (κ3) is 8.24. The summed E-state index contributed by atoms with van der Waals surface area (Å²) in [6.07, 6.45) is -24.5. The largest absolute Gasteiger partial charge is 0.571 e. The average molecular weight is 804 g/mol. The Bertz CT molecular complexity index is 1730. The molecule has 0 aliphatic carbocycles. The molecule has 4 aliphatic heterocycles. The molecule has 2 aromatic carbocycles. The van der Waals surface area contributed by atoms with E-state index < -0.39 is 141 Å². The van der Waals surface area contributed by atoms with Crippen molar-refractivity contribution >= 4 is 12.0 Å². The number of aliphatic hydroxyl groups excluding tert-OH is 9. The van der Waals surface area contributed by atoms with E-state index in [-0.39, 0.29) is 28.4 Å². The van der Waals surface area contributed by atoms with E-state index >= 15 is 0 Å². The number of hydrogen-bond donors (Lipinski definition) is 13. The summed E-state index contributed by atoms with van der Waals surface area (Å²) >= 11 is 0. The standard InChI is InChI=1S/C34H42O22/c1-10(36)49-9-21-25(44)26(45)29(48)33(55-21)52-18-5-12(37)4-17-13(18)6-19(30(51-17)11-2-14(38)22(41)15(39)3-11)53-34-31(27(46)24(43)20(7-35)54-34)56-32-28(47)23(42)16(40)8-50-32/h2-6,16,20-21,23-35,37-48H,7-9H2,1H3/p+1. The van der Waals surface area contributed by atoms with Crippen LogP contribution in [0.25, 0.3) is 6.08 Å². The molecule has 310 valence electrons. The fourth-order valence-corrected chi connectivity index (χ4v) is 6.45. The van der Waals surface area contributed by atoms with Crippen LogP contribution in [0.4, 0.5) is 0 Å². The minimum Gasteiger partial charge on any atom is -0.571 e. The fourth-order valence-electron chi connectivity index (χ4n) is 6.45. The maximum Gasteiger partial charge on any atom is 0.302 e. The third-order valence-corrected chi connectivity index (χ3v) is 9.52. The summed E-state index contributed by atoms with van der Waals surface area (Å²) in [7, 11) is 0. The van der Waals surface area contributed by atoms with E-state index in [4.69, 9.17) is 33.2 Å². The molecule has 0 bridgehead atoms. The van der Waals surface area contributed by atoms with Crippen molar-refractivity contribution in [1.29, 1.82) is 0 Å². The predicted molar refractivity (Wildman–Crippen MR) is 177 cm³/mol. The molecule has 3 saturated heterocycles. The van der Waals surface area contributed by atoms with Crippen molar-refractivity contribution in [3.05, 3.63) is 41.2 Å². The lowest BCUT2D eigenvalue weighted by Crippen LogP contribution is -2.63. The van der Waals surface area contributed by atoms with Crippen molar-refractivity contribution in [1.82, 2.24) is 0 Å². The summed E-state index contributed by atoms with van der Waals surface area (Å²) in [6.45, 7) is -0.804. The second kappa shape index (κ2) is 16.7. The summed E-state index contributed by atoms with van der Waals surface area (Å²) in [5.74, 6) is -4.26. The summed E-state index contributed by atoms with van der Waals surface area (Å²) in [5, 5.41) is 136. The van der Waals surface area contributed by atoms with Crippen LogP contribution in [0.3, 0.4) is 0 Å². The van der Waals surface area contributed by atoms with Crippen LogP contribution in [-0.4, -0.2) is 183 Å². The lowest BCUT2D eigenvalue weighted by Gasteiger charge is -2.45. The van der Waals surface area contributed by atoms with Crippen LogP contribution in [0.15, 0.2) is 30.0 Å². The lowest BCUT2D eigenvalue weighted by molar-refractivity contribution is -0.353. The number of phenols is 4. The van der Waals surface area contributed by atoms with Crippen molar-refractivity contribution in [3.63, 3.8) is 0 Å². The molecule has 15 atom stereocenters. The van der Waals surface area contributed by atoms with Crippen LogP contribution in [0.1, 0.15) is 24.2 Å². The highest BCUT2D eigenvalue weighted by Gasteiger charge is 2.51. The van der Waals surface area contributed by atoms with Crippen LogP contribution < -0.4 is 4.74 Å². The van der Waals surface area contributed by atoms with Gasteiger partial charge in [0.2, 0.25) is 12.6 Å². The summed E-state index contributed by atoms with van der Waals surface area (Å²) in [6, 6.07) is 4.24. The smallest absolute Gasteiger partial charge is 0.302 e. The van der Waals surface area contributed by atoms with Gasteiger partial charge in [0.05, 0.1) is 24.8 Å². The van der Waals surface area contributed by atoms with Crippen molar-refractivity contribution in [2.45, 2.75) is 99.0 Å². The summed E-state index contributed by atoms with van der Waals surface area (Å²) in [4.78, 5) is 11.4. The fraction of sp³-hybridized carbons (Fsp3) is 0.559. The molecule has 0 amide bonds. The number of carbonyl (C=O) groups excluding carboxylic acids is 1. The monoisotopic (exact) mass is 803 g/mol. The van der Waals surface area contributed by atoms with Gasteiger partial charge in [0.25, 0.3) is 11.9 Å². The first-order valence-electron chi connectivity index (χ1n) is 17.1. The number of carbonyl (C=O) groups is 1. The Hall–Kier alpha value is -4.27. The maximum absolute atomic E-state index is 11.4. The zero-order valence-corrected chi connectivity index (χ0v) is 29.2.